The molecule has 1 N–H and O–H groups in total. The van der Waals surface area contributed by atoms with Gasteiger partial charge in [0.15, 0.2) is 0 Å². The first kappa shape index (κ1) is 23.2. The monoisotopic (exact) mass is 410 g/mol. The van der Waals surface area contributed by atoms with Crippen LogP contribution in [0.25, 0.3) is 0 Å². The molecule has 0 saturated carbocycles. The van der Waals surface area contributed by atoms with Crippen LogP contribution in [0.1, 0.15) is 0 Å². The van der Waals surface area contributed by atoms with Crippen molar-refractivity contribution in [1.82, 2.24) is 0 Å². The van der Waals surface area contributed by atoms with Crippen LogP contribution in [0.15, 0.2) is 25.3 Å². The van der Waals surface area contributed by atoms with Gasteiger partial charge in [0.25, 0.3) is 0 Å². The van der Waals surface area contributed by atoms with Crippen LogP contribution in [0.3, 0.4) is 0 Å². The van der Waals surface area contributed by atoms with Gasteiger partial charge >= 0.3 is 156 Å². The summed E-state index contributed by atoms with van der Waals surface area (Å²) in [4.78, 5) is 43.5. The Kier molecular flexibility index (Phi) is 10.7. The molecule has 0 spiro atoms. The Labute approximate surface area is 156 Å². The first-order valence-corrected chi connectivity index (χ1v) is 9.58. The quantitative estimate of drug-likeness (QED) is 0.0962. The summed E-state index contributed by atoms with van der Waals surface area (Å²) in [5.41, 5.74) is 0. The first-order valence-electron chi connectivity index (χ1n) is 7.91. The van der Waals surface area contributed by atoms with Crippen molar-refractivity contribution >= 4 is 26.1 Å². The number of ether oxygens (including phenoxy) is 4. The van der Waals surface area contributed by atoms with E-state index in [1.807, 2.05) is 0 Å². The second-order valence-electron chi connectivity index (χ2n) is 4.80. The van der Waals surface area contributed by atoms with Gasteiger partial charge in [-0.2, -0.15) is 0 Å². The van der Waals surface area contributed by atoms with Gasteiger partial charge in [-0.1, -0.05) is 0 Å². The van der Waals surface area contributed by atoms with E-state index in [1.54, 1.807) is 0 Å². The van der Waals surface area contributed by atoms with Gasteiger partial charge in [-0.15, -0.1) is 0 Å². The fraction of sp³-hybridized carbons (Fsp3) is 0.533. The van der Waals surface area contributed by atoms with Gasteiger partial charge in [0.2, 0.25) is 0 Å². The summed E-state index contributed by atoms with van der Waals surface area (Å²) in [5.74, 6) is -1.84. The summed E-state index contributed by atoms with van der Waals surface area (Å²) in [6.07, 6.45) is 1.40. The predicted octanol–water partition coefficient (Wildman–Crippen LogP) is -0.161. The maximum absolute atomic E-state index is 11.3. The van der Waals surface area contributed by atoms with Gasteiger partial charge in [0.05, 0.1) is 0 Å². The molecule has 0 amide bonds. The summed E-state index contributed by atoms with van der Waals surface area (Å²) in [7, 11) is -4.15. The summed E-state index contributed by atoms with van der Waals surface area (Å²) >= 11 is 0. The van der Waals surface area contributed by atoms with E-state index >= 15 is 0 Å². The van der Waals surface area contributed by atoms with Crippen LogP contribution in [0.2, 0.25) is 0 Å². The summed E-state index contributed by atoms with van der Waals surface area (Å²) in [6, 6.07) is 0. The third-order valence-electron chi connectivity index (χ3n) is 2.77. The zero-order valence-electron chi connectivity index (χ0n) is 14.6. The Balaban J connectivity index is 2.35. The molecular weight excluding hydrogens is 387 g/mol. The number of rotatable bonds is 15. The number of esters is 3. The summed E-state index contributed by atoms with van der Waals surface area (Å²) < 4.78 is 34.4. The van der Waals surface area contributed by atoms with E-state index in [9.17, 15) is 19.3 Å². The van der Waals surface area contributed by atoms with Crippen molar-refractivity contribution in [3.8, 4) is 0 Å². The maximum atomic E-state index is 11.3. The van der Waals surface area contributed by atoms with Crippen LogP contribution in [0, 0.1) is 0 Å². The zero-order valence-corrected chi connectivity index (χ0v) is 15.6. The molecule has 1 fully saturated rings. The van der Waals surface area contributed by atoms with Crippen LogP contribution < -0.4 is 0 Å². The van der Waals surface area contributed by atoms with E-state index in [2.05, 4.69) is 13.2 Å². The van der Waals surface area contributed by atoms with Gasteiger partial charge in [-0.05, 0) is 0 Å². The molecule has 0 radical (unpaired) electrons. The predicted molar refractivity (Wildman–Crippen MR) is 91.4 cm³/mol. The molecule has 0 aromatic carbocycles. The van der Waals surface area contributed by atoms with Crippen molar-refractivity contribution in [1.29, 1.82) is 0 Å². The van der Waals surface area contributed by atoms with Crippen molar-refractivity contribution < 1.29 is 51.8 Å². The average molecular weight is 410 g/mol. The Morgan fingerprint density at radius 3 is 1.67 bits per heavy atom. The molecule has 1 rings (SSSR count). The summed E-state index contributed by atoms with van der Waals surface area (Å²) in [5, 5.41) is 0. The van der Waals surface area contributed by atoms with Crippen molar-refractivity contribution in [3.63, 3.8) is 0 Å². The number of carbonyl (C=O) groups is 3. The van der Waals surface area contributed by atoms with E-state index in [4.69, 9.17) is 32.5 Å². The zero-order chi connectivity index (χ0) is 20.1. The molecule has 1 heterocycles. The molecule has 1 aliphatic heterocycles. The Morgan fingerprint density at radius 2 is 1.30 bits per heavy atom. The average Bonchev–Trinajstić information content (AvgIpc) is 3.50. The van der Waals surface area contributed by atoms with Gasteiger partial charge < -0.3 is 0 Å². The SMILES string of the molecule is C=CC(=O)OCCO[PH](O)(OCCOC(=O)C=C)OCCOC(=O)C1CO1. The van der Waals surface area contributed by atoms with Crippen LogP contribution in [-0.2, 0) is 46.9 Å². The van der Waals surface area contributed by atoms with Gasteiger partial charge in [-0.25, -0.2) is 0 Å². The van der Waals surface area contributed by atoms with Crippen molar-refractivity contribution in [3.05, 3.63) is 25.3 Å². The molecule has 0 bridgehead atoms. The fourth-order valence-electron chi connectivity index (χ4n) is 1.46. The second-order valence-corrected chi connectivity index (χ2v) is 6.72. The standard InChI is InChI=1S/C15H23O11P/c1-3-13(16)20-5-8-24-27(19,25-9-6-21-14(17)4-2)26-10-7-22-15(18)12-11-23-12/h3-4,12,19,27H,1-2,5-11H2. The third-order valence-corrected chi connectivity index (χ3v) is 4.47. The van der Waals surface area contributed by atoms with Crippen LogP contribution in [0.4, 0.5) is 0 Å². The molecule has 154 valence electrons. The van der Waals surface area contributed by atoms with Crippen LogP contribution in [-0.4, -0.2) is 75.2 Å². The van der Waals surface area contributed by atoms with E-state index in [0.717, 1.165) is 12.2 Å². The minimum atomic E-state index is -4.15. The van der Waals surface area contributed by atoms with E-state index < -0.39 is 32.2 Å². The Bertz CT molecular complexity index is 504. The third kappa shape index (κ3) is 10.8. The van der Waals surface area contributed by atoms with Crippen molar-refractivity contribution in [2.75, 3.05) is 46.2 Å². The van der Waals surface area contributed by atoms with Crippen molar-refractivity contribution in [2.24, 2.45) is 0 Å². The van der Waals surface area contributed by atoms with Gasteiger partial charge in [0.1, 0.15) is 0 Å². The molecule has 0 aliphatic carbocycles. The van der Waals surface area contributed by atoms with Gasteiger partial charge in [0, 0.05) is 0 Å². The summed E-state index contributed by atoms with van der Waals surface area (Å²) in [6.45, 7) is 5.64. The van der Waals surface area contributed by atoms with Crippen molar-refractivity contribution in [2.45, 2.75) is 6.10 Å². The molecule has 0 aromatic rings. The normalized spacial score (nSPS) is 16.1. The molecular formula is C15H23O11P. The molecule has 1 unspecified atom stereocenters. The number of epoxide rings is 1. The van der Waals surface area contributed by atoms with E-state index in [1.165, 1.54) is 0 Å². The first-order chi connectivity index (χ1) is 12.9. The topological polar surface area (TPSA) is 139 Å². The molecule has 1 saturated heterocycles. The molecule has 0 aromatic heterocycles. The van der Waals surface area contributed by atoms with E-state index in [-0.39, 0.29) is 39.6 Å². The number of carbonyl (C=O) groups excluding carboxylic acids is 3. The number of hydrogen-bond acceptors (Lipinski definition) is 11. The van der Waals surface area contributed by atoms with Crippen LogP contribution in [0.5, 0.6) is 0 Å². The Morgan fingerprint density at radius 1 is 0.889 bits per heavy atom. The van der Waals surface area contributed by atoms with Gasteiger partial charge in [-0.3, -0.25) is 0 Å². The fourth-order valence-corrected chi connectivity index (χ4v) is 2.73. The van der Waals surface area contributed by atoms with E-state index in [0.29, 0.717) is 6.61 Å². The van der Waals surface area contributed by atoms with Crippen LogP contribution >= 0.6 is 8.17 Å². The second kappa shape index (κ2) is 12.5. The minimum absolute atomic E-state index is 0.155. The molecule has 11 nitrogen and oxygen atoms in total. The molecule has 1 aliphatic rings. The molecule has 27 heavy (non-hydrogen) atoms. The molecule has 12 heteroatoms. The molecule has 1 atom stereocenters. The number of hydrogen-bond donors (Lipinski definition) is 1. The Hall–Kier alpha value is -1.88.